The van der Waals surface area contributed by atoms with Crippen molar-refractivity contribution in [2.75, 3.05) is 13.1 Å². The highest BCUT2D eigenvalue weighted by molar-refractivity contribution is 5.89. The van der Waals surface area contributed by atoms with Crippen LogP contribution in [-0.4, -0.2) is 35.8 Å². The summed E-state index contributed by atoms with van der Waals surface area (Å²) in [5.41, 5.74) is 0. The Balaban J connectivity index is 1.98. The Labute approximate surface area is 109 Å². The highest BCUT2D eigenvalue weighted by Gasteiger charge is 2.30. The molecule has 2 rings (SSSR count). The van der Waals surface area contributed by atoms with Crippen molar-refractivity contribution in [1.82, 2.24) is 10.2 Å². The van der Waals surface area contributed by atoms with E-state index >= 15 is 0 Å². The Kier molecular flexibility index (Phi) is 4.61. The van der Waals surface area contributed by atoms with Crippen LogP contribution in [0.4, 0.5) is 0 Å². The SMILES string of the molecule is CCCC1NC(=O)CCN(CC2CCCC2)C1=O. The minimum atomic E-state index is -0.286. The molecule has 1 aliphatic heterocycles. The van der Waals surface area contributed by atoms with Gasteiger partial charge in [0, 0.05) is 19.5 Å². The normalized spacial score (nSPS) is 26.3. The molecule has 1 unspecified atom stereocenters. The largest absolute Gasteiger partial charge is 0.344 e. The summed E-state index contributed by atoms with van der Waals surface area (Å²) in [6.07, 6.45) is 7.20. The predicted octanol–water partition coefficient (Wildman–Crippen LogP) is 1.69. The first-order chi connectivity index (χ1) is 8.70. The monoisotopic (exact) mass is 252 g/mol. The van der Waals surface area contributed by atoms with Gasteiger partial charge in [0.05, 0.1) is 0 Å². The van der Waals surface area contributed by atoms with Gasteiger partial charge in [0.2, 0.25) is 11.8 Å². The molecular weight excluding hydrogens is 228 g/mol. The molecule has 2 aliphatic rings. The third-order valence-corrected chi connectivity index (χ3v) is 4.08. The second-order valence-electron chi connectivity index (χ2n) is 5.59. The van der Waals surface area contributed by atoms with Crippen LogP contribution in [0.3, 0.4) is 0 Å². The van der Waals surface area contributed by atoms with Crippen molar-refractivity contribution in [3.8, 4) is 0 Å². The van der Waals surface area contributed by atoms with E-state index in [-0.39, 0.29) is 17.9 Å². The lowest BCUT2D eigenvalue weighted by Crippen LogP contribution is -2.45. The van der Waals surface area contributed by atoms with Crippen molar-refractivity contribution in [3.05, 3.63) is 0 Å². The second kappa shape index (κ2) is 6.21. The number of carbonyl (C=O) groups excluding carboxylic acids is 2. The van der Waals surface area contributed by atoms with Gasteiger partial charge in [-0.05, 0) is 25.2 Å². The summed E-state index contributed by atoms with van der Waals surface area (Å²) >= 11 is 0. The van der Waals surface area contributed by atoms with E-state index in [1.807, 2.05) is 11.8 Å². The highest BCUT2D eigenvalue weighted by atomic mass is 16.2. The molecule has 1 aliphatic carbocycles. The molecule has 1 saturated carbocycles. The quantitative estimate of drug-likeness (QED) is 0.828. The molecule has 0 spiro atoms. The molecular formula is C14H24N2O2. The van der Waals surface area contributed by atoms with Gasteiger partial charge >= 0.3 is 0 Å². The first kappa shape index (κ1) is 13.4. The molecule has 0 radical (unpaired) electrons. The fourth-order valence-corrected chi connectivity index (χ4v) is 3.07. The third-order valence-electron chi connectivity index (χ3n) is 4.08. The molecule has 18 heavy (non-hydrogen) atoms. The number of hydrogen-bond donors (Lipinski definition) is 1. The maximum Gasteiger partial charge on any atom is 0.245 e. The van der Waals surface area contributed by atoms with E-state index in [0.29, 0.717) is 18.9 Å². The molecule has 1 heterocycles. The minimum Gasteiger partial charge on any atom is -0.344 e. The van der Waals surface area contributed by atoms with Crippen molar-refractivity contribution in [1.29, 1.82) is 0 Å². The summed E-state index contributed by atoms with van der Waals surface area (Å²) in [6.45, 7) is 3.50. The van der Waals surface area contributed by atoms with Crippen molar-refractivity contribution in [2.24, 2.45) is 5.92 Å². The zero-order chi connectivity index (χ0) is 13.0. The van der Waals surface area contributed by atoms with Gasteiger partial charge in [0.25, 0.3) is 0 Å². The summed E-state index contributed by atoms with van der Waals surface area (Å²) in [6, 6.07) is -0.286. The third kappa shape index (κ3) is 3.24. The average Bonchev–Trinajstić information content (AvgIpc) is 2.81. The molecule has 4 nitrogen and oxygen atoms in total. The van der Waals surface area contributed by atoms with Crippen LogP contribution in [0.15, 0.2) is 0 Å². The van der Waals surface area contributed by atoms with E-state index in [4.69, 9.17) is 0 Å². The second-order valence-corrected chi connectivity index (χ2v) is 5.59. The van der Waals surface area contributed by atoms with E-state index in [1.165, 1.54) is 25.7 Å². The molecule has 0 aromatic rings. The highest BCUT2D eigenvalue weighted by Crippen LogP contribution is 2.26. The lowest BCUT2D eigenvalue weighted by molar-refractivity contribution is -0.134. The van der Waals surface area contributed by atoms with Crippen molar-refractivity contribution in [2.45, 2.75) is 57.9 Å². The average molecular weight is 252 g/mol. The van der Waals surface area contributed by atoms with Gasteiger partial charge in [0.1, 0.15) is 6.04 Å². The number of hydrogen-bond acceptors (Lipinski definition) is 2. The predicted molar refractivity (Wildman–Crippen MR) is 70.0 cm³/mol. The van der Waals surface area contributed by atoms with Gasteiger partial charge < -0.3 is 10.2 Å². The first-order valence-corrected chi connectivity index (χ1v) is 7.29. The number of carbonyl (C=O) groups is 2. The van der Waals surface area contributed by atoms with E-state index < -0.39 is 0 Å². The van der Waals surface area contributed by atoms with E-state index in [9.17, 15) is 9.59 Å². The molecule has 0 aromatic heterocycles. The van der Waals surface area contributed by atoms with Crippen LogP contribution in [0.5, 0.6) is 0 Å². The topological polar surface area (TPSA) is 49.4 Å². The molecule has 1 saturated heterocycles. The van der Waals surface area contributed by atoms with Crippen LogP contribution in [0, 0.1) is 5.92 Å². The fourth-order valence-electron chi connectivity index (χ4n) is 3.07. The first-order valence-electron chi connectivity index (χ1n) is 7.29. The molecule has 2 fully saturated rings. The summed E-state index contributed by atoms with van der Waals surface area (Å²) in [5.74, 6) is 0.815. The molecule has 1 N–H and O–H groups in total. The van der Waals surface area contributed by atoms with Crippen molar-refractivity contribution < 1.29 is 9.59 Å². The van der Waals surface area contributed by atoms with Gasteiger partial charge in [-0.15, -0.1) is 0 Å². The van der Waals surface area contributed by atoms with Crippen LogP contribution in [0.1, 0.15) is 51.9 Å². The number of nitrogens with zero attached hydrogens (tertiary/aromatic N) is 1. The van der Waals surface area contributed by atoms with Crippen LogP contribution in [0.25, 0.3) is 0 Å². The fraction of sp³-hybridized carbons (Fsp3) is 0.857. The zero-order valence-corrected chi connectivity index (χ0v) is 11.3. The molecule has 1 atom stereocenters. The maximum atomic E-state index is 12.4. The number of rotatable bonds is 4. The molecule has 0 bridgehead atoms. The number of nitrogens with one attached hydrogen (secondary N) is 1. The summed E-state index contributed by atoms with van der Waals surface area (Å²) in [4.78, 5) is 25.9. The van der Waals surface area contributed by atoms with Crippen molar-refractivity contribution in [3.63, 3.8) is 0 Å². The van der Waals surface area contributed by atoms with Crippen LogP contribution in [0.2, 0.25) is 0 Å². The van der Waals surface area contributed by atoms with Crippen LogP contribution < -0.4 is 5.32 Å². The summed E-state index contributed by atoms with van der Waals surface area (Å²) in [5, 5.41) is 2.85. The molecule has 2 amide bonds. The van der Waals surface area contributed by atoms with Gasteiger partial charge in [-0.25, -0.2) is 0 Å². The smallest absolute Gasteiger partial charge is 0.245 e. The summed E-state index contributed by atoms with van der Waals surface area (Å²) < 4.78 is 0. The summed E-state index contributed by atoms with van der Waals surface area (Å²) in [7, 11) is 0. The van der Waals surface area contributed by atoms with Crippen LogP contribution >= 0.6 is 0 Å². The molecule has 4 heteroatoms. The molecule has 0 aromatic carbocycles. The van der Waals surface area contributed by atoms with E-state index in [1.54, 1.807) is 0 Å². The molecule has 102 valence electrons. The Morgan fingerprint density at radius 2 is 2.00 bits per heavy atom. The van der Waals surface area contributed by atoms with E-state index in [2.05, 4.69) is 5.32 Å². The minimum absolute atomic E-state index is 0.0238. The Morgan fingerprint density at radius 3 is 2.67 bits per heavy atom. The maximum absolute atomic E-state index is 12.4. The zero-order valence-electron chi connectivity index (χ0n) is 11.3. The van der Waals surface area contributed by atoms with Gasteiger partial charge in [-0.2, -0.15) is 0 Å². The lowest BCUT2D eigenvalue weighted by atomic mass is 10.1. The van der Waals surface area contributed by atoms with Crippen molar-refractivity contribution >= 4 is 11.8 Å². The number of amides is 2. The Hall–Kier alpha value is -1.06. The Morgan fingerprint density at radius 1 is 1.28 bits per heavy atom. The van der Waals surface area contributed by atoms with Crippen LogP contribution in [-0.2, 0) is 9.59 Å². The van der Waals surface area contributed by atoms with Gasteiger partial charge in [-0.1, -0.05) is 26.2 Å². The standard InChI is InChI=1S/C14H24N2O2/c1-2-5-12-14(18)16(9-8-13(17)15-12)10-11-6-3-4-7-11/h11-12H,2-10H2,1H3,(H,15,17). The lowest BCUT2D eigenvalue weighted by Gasteiger charge is -2.26. The van der Waals surface area contributed by atoms with Gasteiger partial charge in [-0.3, -0.25) is 9.59 Å². The Bertz CT molecular complexity index is 311. The van der Waals surface area contributed by atoms with E-state index in [0.717, 1.165) is 19.4 Å². The van der Waals surface area contributed by atoms with Gasteiger partial charge in [0.15, 0.2) is 0 Å².